The maximum absolute atomic E-state index is 2.51. The van der Waals surface area contributed by atoms with E-state index in [-0.39, 0.29) is 21.7 Å². The summed E-state index contributed by atoms with van der Waals surface area (Å²) in [4.78, 5) is 0. The topological polar surface area (TPSA) is 0 Å². The Hall–Kier alpha value is -1.56. The molecule has 1 unspecified atom stereocenters. The van der Waals surface area contributed by atoms with E-state index >= 15 is 0 Å². The molecule has 1 atom stereocenters. The summed E-state index contributed by atoms with van der Waals surface area (Å²) in [5.41, 5.74) is 9.30. The van der Waals surface area contributed by atoms with E-state index in [1.54, 1.807) is 0 Å². The molecule has 0 nitrogen and oxygen atoms in total. The maximum atomic E-state index is 2.51. The third kappa shape index (κ3) is 6.03. The third-order valence-corrected chi connectivity index (χ3v) is 6.56. The van der Waals surface area contributed by atoms with Crippen LogP contribution in [0.15, 0.2) is 36.4 Å². The van der Waals surface area contributed by atoms with Gasteiger partial charge in [0.05, 0.1) is 0 Å². The van der Waals surface area contributed by atoms with Crippen molar-refractivity contribution in [2.24, 2.45) is 0 Å². The Morgan fingerprint density at radius 1 is 0.516 bits per heavy atom. The van der Waals surface area contributed by atoms with E-state index in [0.717, 1.165) is 6.42 Å². The Morgan fingerprint density at radius 3 is 1.32 bits per heavy atom. The van der Waals surface area contributed by atoms with Gasteiger partial charge in [0.15, 0.2) is 0 Å². The highest BCUT2D eigenvalue weighted by Crippen LogP contribution is 2.40. The van der Waals surface area contributed by atoms with Gasteiger partial charge in [-0.05, 0) is 61.5 Å². The summed E-state index contributed by atoms with van der Waals surface area (Å²) in [6.45, 7) is 30.3. The molecule has 0 aromatic heterocycles. The predicted octanol–water partition coefficient (Wildman–Crippen LogP) is 9.42. The van der Waals surface area contributed by atoms with Crippen LogP contribution in [0.5, 0.6) is 0 Å². The van der Waals surface area contributed by atoms with E-state index in [4.69, 9.17) is 0 Å². The Kier molecular flexibility index (Phi) is 6.98. The molecule has 0 saturated carbocycles. The summed E-state index contributed by atoms with van der Waals surface area (Å²) in [6.07, 6.45) is 1.11. The van der Waals surface area contributed by atoms with Gasteiger partial charge in [0.25, 0.3) is 0 Å². The van der Waals surface area contributed by atoms with Crippen molar-refractivity contribution in [1.29, 1.82) is 0 Å². The number of hydrogen-bond donors (Lipinski definition) is 0. The van der Waals surface area contributed by atoms with E-state index in [0.29, 0.717) is 5.92 Å². The quantitative estimate of drug-likeness (QED) is 0.464. The monoisotopic (exact) mass is 420 g/mol. The zero-order chi connectivity index (χ0) is 24.0. The molecule has 2 aromatic carbocycles. The van der Waals surface area contributed by atoms with Gasteiger partial charge in [-0.2, -0.15) is 0 Å². The van der Waals surface area contributed by atoms with Crippen molar-refractivity contribution in [3.05, 3.63) is 69.8 Å². The van der Waals surface area contributed by atoms with Crippen molar-refractivity contribution >= 4 is 0 Å². The SMILES string of the molecule is CCC(c1cc(C(C)(C)C)cc(C(C)(C)C)c1)c1ccc(C(C)(C)C)c(C(C)(C)C)c1. The van der Waals surface area contributed by atoms with Gasteiger partial charge in [0.1, 0.15) is 0 Å². The van der Waals surface area contributed by atoms with Crippen molar-refractivity contribution in [3.63, 3.8) is 0 Å². The second-order valence-electron chi connectivity index (χ2n) is 13.6. The molecule has 31 heavy (non-hydrogen) atoms. The average Bonchev–Trinajstić information content (AvgIpc) is 2.59. The molecule has 0 aliphatic carbocycles. The predicted molar refractivity (Wildman–Crippen MR) is 140 cm³/mol. The van der Waals surface area contributed by atoms with Crippen molar-refractivity contribution in [1.82, 2.24) is 0 Å². The molecule has 0 aliphatic rings. The molecule has 0 amide bonds. The van der Waals surface area contributed by atoms with Gasteiger partial charge >= 0.3 is 0 Å². The van der Waals surface area contributed by atoms with Gasteiger partial charge in [-0.15, -0.1) is 0 Å². The van der Waals surface area contributed by atoms with Gasteiger partial charge in [0.2, 0.25) is 0 Å². The molecule has 0 heteroatoms. The van der Waals surface area contributed by atoms with Crippen molar-refractivity contribution in [2.45, 2.75) is 124 Å². The smallest absolute Gasteiger partial charge is 0.00870 e. The molecule has 172 valence electrons. The zero-order valence-electron chi connectivity index (χ0n) is 22.7. The zero-order valence-corrected chi connectivity index (χ0v) is 22.7. The summed E-state index contributed by atoms with van der Waals surface area (Å²) in [7, 11) is 0. The van der Waals surface area contributed by atoms with Crippen LogP contribution in [0.25, 0.3) is 0 Å². The van der Waals surface area contributed by atoms with Crippen LogP contribution in [0.4, 0.5) is 0 Å². The molecule has 0 heterocycles. The minimum atomic E-state index is 0.126. The second kappa shape index (κ2) is 8.42. The maximum Gasteiger partial charge on any atom is 0.00870 e. The average molecular weight is 421 g/mol. The van der Waals surface area contributed by atoms with Crippen LogP contribution >= 0.6 is 0 Å². The number of rotatable bonds is 3. The lowest BCUT2D eigenvalue weighted by molar-refractivity contribution is 0.528. The van der Waals surface area contributed by atoms with Crippen molar-refractivity contribution in [2.75, 3.05) is 0 Å². The molecule has 2 aromatic rings. The van der Waals surface area contributed by atoms with E-state index in [1.807, 2.05) is 0 Å². The lowest BCUT2D eigenvalue weighted by Gasteiger charge is -2.32. The minimum absolute atomic E-state index is 0.126. The molecule has 0 spiro atoms. The minimum Gasteiger partial charge on any atom is -0.0645 e. The highest BCUT2D eigenvalue weighted by Gasteiger charge is 2.28. The Balaban J connectivity index is 2.74. The van der Waals surface area contributed by atoms with Crippen LogP contribution in [-0.2, 0) is 21.7 Å². The second-order valence-corrected chi connectivity index (χ2v) is 13.6. The normalized spacial score (nSPS) is 14.6. The lowest BCUT2D eigenvalue weighted by atomic mass is 9.72. The summed E-state index contributed by atoms with van der Waals surface area (Å²) < 4.78 is 0. The lowest BCUT2D eigenvalue weighted by Crippen LogP contribution is -2.22. The first-order chi connectivity index (χ1) is 13.9. The molecule has 0 saturated heterocycles. The molecule has 0 bridgehead atoms. The van der Waals surface area contributed by atoms with Crippen molar-refractivity contribution < 1.29 is 0 Å². The third-order valence-electron chi connectivity index (χ3n) is 6.56. The van der Waals surface area contributed by atoms with E-state index in [2.05, 4.69) is 126 Å². The van der Waals surface area contributed by atoms with E-state index in [9.17, 15) is 0 Å². The Labute approximate surface area is 193 Å². The van der Waals surface area contributed by atoms with Gasteiger partial charge < -0.3 is 0 Å². The largest absolute Gasteiger partial charge is 0.0645 e. The van der Waals surface area contributed by atoms with Crippen LogP contribution in [0.2, 0.25) is 0 Å². The van der Waals surface area contributed by atoms with Crippen molar-refractivity contribution in [3.8, 4) is 0 Å². The first-order valence-corrected chi connectivity index (χ1v) is 12.2. The van der Waals surface area contributed by atoms with Gasteiger partial charge in [-0.3, -0.25) is 0 Å². The Bertz CT molecular complexity index is 867. The summed E-state index contributed by atoms with van der Waals surface area (Å²) in [5, 5.41) is 0. The van der Waals surface area contributed by atoms with E-state index in [1.165, 1.54) is 33.4 Å². The summed E-state index contributed by atoms with van der Waals surface area (Å²) >= 11 is 0. The van der Waals surface area contributed by atoms with Crippen LogP contribution in [0.1, 0.15) is 136 Å². The standard InChI is InChI=1S/C31H48/c1-14-25(21-15-16-26(30(8,9)10)27(19-21)31(11,12)13)22-17-23(28(2,3)4)20-24(18-22)29(5,6)7/h15-20,25H,14H2,1-13H3. The molecule has 0 radical (unpaired) electrons. The molecular formula is C31H48. The fourth-order valence-electron chi connectivity index (χ4n) is 4.44. The van der Waals surface area contributed by atoms with Crippen LogP contribution < -0.4 is 0 Å². The number of hydrogen-bond acceptors (Lipinski definition) is 0. The van der Waals surface area contributed by atoms with Gasteiger partial charge in [-0.25, -0.2) is 0 Å². The highest BCUT2D eigenvalue weighted by molar-refractivity contribution is 5.46. The molecule has 0 N–H and O–H groups in total. The fourth-order valence-corrected chi connectivity index (χ4v) is 4.44. The van der Waals surface area contributed by atoms with Crippen LogP contribution in [0.3, 0.4) is 0 Å². The Morgan fingerprint density at radius 2 is 0.968 bits per heavy atom. The molecular weight excluding hydrogens is 372 g/mol. The summed E-state index contributed by atoms with van der Waals surface area (Å²) in [6, 6.07) is 14.7. The first-order valence-electron chi connectivity index (χ1n) is 12.2. The molecule has 0 aliphatic heterocycles. The molecule has 2 rings (SSSR count). The van der Waals surface area contributed by atoms with Gasteiger partial charge in [0, 0.05) is 5.92 Å². The van der Waals surface area contributed by atoms with E-state index < -0.39 is 0 Å². The number of benzene rings is 2. The highest BCUT2D eigenvalue weighted by atomic mass is 14.3. The van der Waals surface area contributed by atoms with Gasteiger partial charge in [-0.1, -0.05) is 126 Å². The molecule has 0 fully saturated rings. The first kappa shape index (κ1) is 25.7. The van der Waals surface area contributed by atoms with Crippen LogP contribution in [0, 0.1) is 0 Å². The van der Waals surface area contributed by atoms with Crippen LogP contribution in [-0.4, -0.2) is 0 Å². The summed E-state index contributed by atoms with van der Waals surface area (Å²) in [5.74, 6) is 0.415. The fraction of sp³-hybridized carbons (Fsp3) is 0.613.